The Morgan fingerprint density at radius 1 is 1.35 bits per heavy atom. The number of carbonyl (C=O) groups is 1. The van der Waals surface area contributed by atoms with Gasteiger partial charge in [0.1, 0.15) is 11.3 Å². The predicted octanol–water partition coefficient (Wildman–Crippen LogP) is 2.72. The lowest BCUT2D eigenvalue weighted by atomic mass is 9.78. The van der Waals surface area contributed by atoms with Gasteiger partial charge in [-0.15, -0.1) is 0 Å². The molecule has 6 heteroatoms. The molecule has 0 unspecified atom stereocenters. The van der Waals surface area contributed by atoms with Crippen LogP contribution in [0.2, 0.25) is 0 Å². The Kier molecular flexibility index (Phi) is 6.59. The minimum absolute atomic E-state index is 0.0424. The van der Waals surface area contributed by atoms with Crippen molar-refractivity contribution in [3.05, 3.63) is 23.8 Å². The molecule has 0 aromatic carbocycles. The average Bonchev–Trinajstić information content (AvgIpc) is 2.65. The quantitative estimate of drug-likeness (QED) is 0.790. The molecule has 1 amide bonds. The molecule has 6 nitrogen and oxygen atoms in total. The molecule has 2 heterocycles. The molecule has 2 aliphatic rings. The second-order valence-electron chi connectivity index (χ2n) is 7.71. The van der Waals surface area contributed by atoms with Crippen molar-refractivity contribution >= 4 is 5.91 Å². The minimum atomic E-state index is -0.253. The van der Waals surface area contributed by atoms with E-state index in [1.807, 2.05) is 6.92 Å². The Hall–Kier alpha value is -1.53. The smallest absolute Gasteiger partial charge is 0.271 e. The first kappa shape index (κ1) is 19.2. The lowest BCUT2D eigenvalue weighted by Crippen LogP contribution is -2.64. The maximum atomic E-state index is 12.7. The highest BCUT2D eigenvalue weighted by Crippen LogP contribution is 2.35. The molecular weight excluding hydrogens is 328 g/mol. The molecule has 1 spiro atoms. The van der Waals surface area contributed by atoms with Gasteiger partial charge in [-0.25, -0.2) is 4.98 Å². The van der Waals surface area contributed by atoms with Crippen molar-refractivity contribution in [2.45, 2.75) is 70.4 Å². The first-order chi connectivity index (χ1) is 12.6. The molecule has 144 valence electrons. The number of hydrogen-bond acceptors (Lipinski definition) is 5. The van der Waals surface area contributed by atoms with Crippen LogP contribution in [-0.2, 0) is 4.74 Å². The highest BCUT2D eigenvalue weighted by molar-refractivity contribution is 5.92. The van der Waals surface area contributed by atoms with Crippen LogP contribution in [0.4, 0.5) is 0 Å². The normalized spacial score (nSPS) is 26.8. The van der Waals surface area contributed by atoms with Gasteiger partial charge >= 0.3 is 0 Å². The number of morpholine rings is 1. The fraction of sp³-hybridized carbons (Fsp3) is 0.750. The van der Waals surface area contributed by atoms with Crippen LogP contribution >= 0.6 is 0 Å². The number of aryl methyl sites for hydroxylation is 1. The number of unbranched alkanes of at least 4 members (excludes halogenated alkanes) is 2. The van der Waals surface area contributed by atoms with Gasteiger partial charge in [-0.3, -0.25) is 14.7 Å². The van der Waals surface area contributed by atoms with E-state index in [0.717, 1.165) is 51.2 Å². The van der Waals surface area contributed by atoms with E-state index in [1.165, 1.54) is 25.7 Å². The van der Waals surface area contributed by atoms with Gasteiger partial charge in [-0.05, 0) is 32.7 Å². The Labute approximate surface area is 156 Å². The fourth-order valence-electron chi connectivity index (χ4n) is 4.18. The Balaban J connectivity index is 1.66. The third-order valence-corrected chi connectivity index (χ3v) is 5.66. The van der Waals surface area contributed by atoms with Gasteiger partial charge in [0.15, 0.2) is 0 Å². The van der Waals surface area contributed by atoms with Gasteiger partial charge in [-0.1, -0.05) is 32.6 Å². The van der Waals surface area contributed by atoms with Crippen molar-refractivity contribution in [2.75, 3.05) is 26.2 Å². The van der Waals surface area contributed by atoms with E-state index in [9.17, 15) is 4.79 Å². The third-order valence-electron chi connectivity index (χ3n) is 5.66. The zero-order chi connectivity index (χ0) is 18.4. The van der Waals surface area contributed by atoms with Gasteiger partial charge in [0.05, 0.1) is 24.5 Å². The molecule has 0 radical (unpaired) electrons. The summed E-state index contributed by atoms with van der Waals surface area (Å²) in [5.41, 5.74) is 0.942. The maximum absolute atomic E-state index is 12.7. The number of nitrogens with one attached hydrogen (secondary N) is 1. The van der Waals surface area contributed by atoms with Gasteiger partial charge in [0.25, 0.3) is 5.91 Å². The second kappa shape index (κ2) is 8.91. The van der Waals surface area contributed by atoms with Gasteiger partial charge in [-0.2, -0.15) is 0 Å². The molecule has 1 saturated carbocycles. The molecule has 2 atom stereocenters. The molecule has 1 aromatic rings. The predicted molar refractivity (Wildman–Crippen MR) is 101 cm³/mol. The molecule has 1 aliphatic carbocycles. The molecule has 1 saturated heterocycles. The van der Waals surface area contributed by atoms with Crippen molar-refractivity contribution in [1.29, 1.82) is 0 Å². The molecule has 1 N–H and O–H groups in total. The summed E-state index contributed by atoms with van der Waals surface area (Å²) in [5.74, 6) is -0.143. The Morgan fingerprint density at radius 3 is 3.00 bits per heavy atom. The van der Waals surface area contributed by atoms with Crippen LogP contribution in [-0.4, -0.2) is 58.7 Å². The standard InChI is InChI=1S/C20H32N4O2/c1-3-4-7-10-24-11-12-26-20(15-24)9-6-5-8-18(20)23-19(25)17-14-21-16(2)13-22-17/h13-14,18H,3-12,15H2,1-2H3,(H,23,25)/t18-,20+/m1/s1. The summed E-state index contributed by atoms with van der Waals surface area (Å²) in [4.78, 5) is 23.6. The van der Waals surface area contributed by atoms with E-state index >= 15 is 0 Å². The van der Waals surface area contributed by atoms with Gasteiger partial charge in [0, 0.05) is 19.3 Å². The average molecular weight is 361 g/mol. The van der Waals surface area contributed by atoms with E-state index < -0.39 is 0 Å². The first-order valence-corrected chi connectivity index (χ1v) is 10.1. The molecule has 3 rings (SSSR count). The number of rotatable bonds is 6. The van der Waals surface area contributed by atoms with Crippen LogP contribution in [0.3, 0.4) is 0 Å². The topological polar surface area (TPSA) is 67.3 Å². The summed E-state index contributed by atoms with van der Waals surface area (Å²) in [6.07, 6.45) is 11.2. The first-order valence-electron chi connectivity index (χ1n) is 10.1. The van der Waals surface area contributed by atoms with E-state index in [2.05, 4.69) is 27.1 Å². The number of amides is 1. The minimum Gasteiger partial charge on any atom is -0.370 e. The molecule has 1 aromatic heterocycles. The number of ether oxygens (including phenoxy) is 1. The lowest BCUT2D eigenvalue weighted by Gasteiger charge is -2.49. The number of aromatic nitrogens is 2. The van der Waals surface area contributed by atoms with Crippen LogP contribution in [0.5, 0.6) is 0 Å². The van der Waals surface area contributed by atoms with E-state index in [0.29, 0.717) is 5.69 Å². The van der Waals surface area contributed by atoms with Crippen molar-refractivity contribution < 1.29 is 9.53 Å². The van der Waals surface area contributed by atoms with Crippen LogP contribution in [0.15, 0.2) is 12.4 Å². The molecule has 26 heavy (non-hydrogen) atoms. The number of carbonyl (C=O) groups excluding carboxylic acids is 1. The summed E-state index contributed by atoms with van der Waals surface area (Å²) in [5, 5.41) is 3.21. The maximum Gasteiger partial charge on any atom is 0.271 e. The van der Waals surface area contributed by atoms with Crippen LogP contribution in [0.1, 0.15) is 68.1 Å². The van der Waals surface area contributed by atoms with Gasteiger partial charge in [0.2, 0.25) is 0 Å². The summed E-state index contributed by atoms with van der Waals surface area (Å²) in [6.45, 7) is 7.90. The second-order valence-corrected chi connectivity index (χ2v) is 7.71. The van der Waals surface area contributed by atoms with E-state index in [4.69, 9.17) is 4.74 Å². The van der Waals surface area contributed by atoms with E-state index in [-0.39, 0.29) is 17.6 Å². The van der Waals surface area contributed by atoms with Gasteiger partial charge < -0.3 is 10.1 Å². The highest BCUT2D eigenvalue weighted by atomic mass is 16.5. The summed E-state index contributed by atoms with van der Waals surface area (Å²) in [7, 11) is 0. The molecule has 0 bridgehead atoms. The SMILES string of the molecule is CCCCCN1CCO[C@@]2(CCCC[C@H]2NC(=O)c2cnc(C)cn2)C1. The highest BCUT2D eigenvalue weighted by Gasteiger charge is 2.45. The largest absolute Gasteiger partial charge is 0.370 e. The van der Waals surface area contributed by atoms with Crippen molar-refractivity contribution in [2.24, 2.45) is 0 Å². The lowest BCUT2D eigenvalue weighted by molar-refractivity contribution is -0.141. The third kappa shape index (κ3) is 4.60. The Bertz CT molecular complexity index is 588. The Morgan fingerprint density at radius 2 is 2.23 bits per heavy atom. The zero-order valence-corrected chi connectivity index (χ0v) is 16.2. The fourth-order valence-corrected chi connectivity index (χ4v) is 4.18. The zero-order valence-electron chi connectivity index (χ0n) is 16.2. The number of nitrogens with zero attached hydrogens (tertiary/aromatic N) is 3. The summed E-state index contributed by atoms with van der Waals surface area (Å²) >= 11 is 0. The van der Waals surface area contributed by atoms with Crippen LogP contribution < -0.4 is 5.32 Å². The molecule has 2 fully saturated rings. The van der Waals surface area contributed by atoms with Crippen LogP contribution in [0, 0.1) is 6.92 Å². The summed E-state index contributed by atoms with van der Waals surface area (Å²) < 4.78 is 6.32. The monoisotopic (exact) mass is 360 g/mol. The number of hydrogen-bond donors (Lipinski definition) is 1. The van der Waals surface area contributed by atoms with Crippen molar-refractivity contribution in [1.82, 2.24) is 20.2 Å². The van der Waals surface area contributed by atoms with Crippen molar-refractivity contribution in [3.8, 4) is 0 Å². The molecular formula is C20H32N4O2. The molecule has 1 aliphatic heterocycles. The summed E-state index contributed by atoms with van der Waals surface area (Å²) in [6, 6.07) is 0.0424. The van der Waals surface area contributed by atoms with Crippen molar-refractivity contribution in [3.63, 3.8) is 0 Å². The van der Waals surface area contributed by atoms with Crippen LogP contribution in [0.25, 0.3) is 0 Å². The van der Waals surface area contributed by atoms with E-state index in [1.54, 1.807) is 12.4 Å².